The van der Waals surface area contributed by atoms with Crippen LogP contribution >= 0.6 is 0 Å². The molecule has 3 rings (SSSR count). The summed E-state index contributed by atoms with van der Waals surface area (Å²) in [5, 5.41) is 0. The molecule has 0 bridgehead atoms. The SMILES string of the molecule is O=CC1(CN2CC3CCCC3C2)CCOC1. The summed E-state index contributed by atoms with van der Waals surface area (Å²) in [6, 6.07) is 0. The molecule has 0 amide bonds. The van der Waals surface area contributed by atoms with Crippen molar-refractivity contribution >= 4 is 6.29 Å². The number of ether oxygens (including phenoxy) is 1. The zero-order valence-electron chi connectivity index (χ0n) is 9.86. The Morgan fingerprint density at radius 2 is 2.06 bits per heavy atom. The van der Waals surface area contributed by atoms with Crippen molar-refractivity contribution in [2.24, 2.45) is 17.3 Å². The minimum absolute atomic E-state index is 0.182. The molecule has 3 fully saturated rings. The molecule has 0 aromatic rings. The van der Waals surface area contributed by atoms with Crippen LogP contribution in [0.5, 0.6) is 0 Å². The van der Waals surface area contributed by atoms with Crippen LogP contribution in [-0.4, -0.2) is 44.0 Å². The molecular weight excluding hydrogens is 202 g/mol. The van der Waals surface area contributed by atoms with Crippen LogP contribution in [0.4, 0.5) is 0 Å². The fourth-order valence-electron chi connectivity index (χ4n) is 3.78. The molecule has 2 aliphatic heterocycles. The van der Waals surface area contributed by atoms with Crippen molar-refractivity contribution in [3.63, 3.8) is 0 Å². The third-order valence-corrected chi connectivity index (χ3v) is 4.72. The van der Waals surface area contributed by atoms with Gasteiger partial charge in [-0.05, 0) is 31.1 Å². The van der Waals surface area contributed by atoms with Crippen molar-refractivity contribution in [2.75, 3.05) is 32.8 Å². The fourth-order valence-corrected chi connectivity index (χ4v) is 3.78. The number of rotatable bonds is 3. The summed E-state index contributed by atoms with van der Waals surface area (Å²) >= 11 is 0. The van der Waals surface area contributed by atoms with Crippen LogP contribution in [0, 0.1) is 17.3 Å². The van der Waals surface area contributed by atoms with Crippen LogP contribution in [-0.2, 0) is 9.53 Å². The van der Waals surface area contributed by atoms with E-state index in [9.17, 15) is 4.79 Å². The minimum Gasteiger partial charge on any atom is -0.380 e. The summed E-state index contributed by atoms with van der Waals surface area (Å²) in [7, 11) is 0. The summed E-state index contributed by atoms with van der Waals surface area (Å²) in [6.07, 6.45) is 6.30. The Labute approximate surface area is 97.1 Å². The smallest absolute Gasteiger partial charge is 0.129 e. The van der Waals surface area contributed by atoms with Gasteiger partial charge in [-0.15, -0.1) is 0 Å². The maximum absolute atomic E-state index is 11.3. The zero-order chi connectivity index (χ0) is 11.0. The quantitative estimate of drug-likeness (QED) is 0.676. The highest BCUT2D eigenvalue weighted by molar-refractivity contribution is 5.60. The van der Waals surface area contributed by atoms with Gasteiger partial charge in [0.15, 0.2) is 0 Å². The number of likely N-dealkylation sites (tertiary alicyclic amines) is 1. The van der Waals surface area contributed by atoms with E-state index in [2.05, 4.69) is 4.90 Å². The highest BCUT2D eigenvalue weighted by Gasteiger charge is 2.42. The Kier molecular flexibility index (Phi) is 2.76. The van der Waals surface area contributed by atoms with Gasteiger partial charge < -0.3 is 14.4 Å². The second-order valence-corrected chi connectivity index (χ2v) is 5.93. The molecule has 0 N–H and O–H groups in total. The standard InChI is InChI=1S/C13H21NO2/c15-9-13(4-5-16-10-13)8-14-6-11-2-1-3-12(11)7-14/h9,11-12H,1-8,10H2. The van der Waals surface area contributed by atoms with Crippen LogP contribution in [0.15, 0.2) is 0 Å². The van der Waals surface area contributed by atoms with Crippen LogP contribution < -0.4 is 0 Å². The molecule has 3 heteroatoms. The molecule has 3 aliphatic rings. The normalized spacial score (nSPS) is 43.8. The Bertz CT molecular complexity index is 261. The lowest BCUT2D eigenvalue weighted by Crippen LogP contribution is -2.38. The minimum atomic E-state index is -0.182. The second-order valence-electron chi connectivity index (χ2n) is 5.93. The summed E-state index contributed by atoms with van der Waals surface area (Å²) in [5.74, 6) is 1.84. The largest absolute Gasteiger partial charge is 0.380 e. The lowest BCUT2D eigenvalue weighted by atomic mass is 9.88. The van der Waals surface area contributed by atoms with Gasteiger partial charge in [0.05, 0.1) is 12.0 Å². The van der Waals surface area contributed by atoms with Gasteiger partial charge in [0.25, 0.3) is 0 Å². The molecule has 3 unspecified atom stereocenters. The zero-order valence-corrected chi connectivity index (χ0v) is 9.86. The molecule has 2 saturated heterocycles. The van der Waals surface area contributed by atoms with Gasteiger partial charge in [0, 0.05) is 26.2 Å². The maximum atomic E-state index is 11.3. The number of fused-ring (bicyclic) bond motifs is 1. The lowest BCUT2D eigenvalue weighted by molar-refractivity contribution is -0.117. The number of nitrogens with zero attached hydrogens (tertiary/aromatic N) is 1. The third kappa shape index (κ3) is 1.80. The molecular formula is C13H21NO2. The number of hydrogen-bond donors (Lipinski definition) is 0. The van der Waals surface area contributed by atoms with Crippen molar-refractivity contribution in [1.82, 2.24) is 4.90 Å². The average molecular weight is 223 g/mol. The molecule has 0 radical (unpaired) electrons. The van der Waals surface area contributed by atoms with E-state index in [1.54, 1.807) is 0 Å². The summed E-state index contributed by atoms with van der Waals surface area (Å²) in [4.78, 5) is 13.8. The number of hydrogen-bond acceptors (Lipinski definition) is 3. The van der Waals surface area contributed by atoms with E-state index >= 15 is 0 Å². The van der Waals surface area contributed by atoms with E-state index in [0.29, 0.717) is 6.61 Å². The molecule has 3 atom stereocenters. The molecule has 0 spiro atoms. The van der Waals surface area contributed by atoms with Gasteiger partial charge >= 0.3 is 0 Å². The summed E-state index contributed by atoms with van der Waals surface area (Å²) < 4.78 is 5.40. The first-order valence-corrected chi connectivity index (χ1v) is 6.58. The molecule has 1 saturated carbocycles. The Hall–Kier alpha value is -0.410. The van der Waals surface area contributed by atoms with Crippen molar-refractivity contribution in [2.45, 2.75) is 25.7 Å². The molecule has 90 valence electrons. The molecule has 0 aromatic heterocycles. The van der Waals surface area contributed by atoms with Crippen LogP contribution in [0.1, 0.15) is 25.7 Å². The van der Waals surface area contributed by atoms with E-state index in [1.165, 1.54) is 32.4 Å². The van der Waals surface area contributed by atoms with Crippen LogP contribution in [0.3, 0.4) is 0 Å². The van der Waals surface area contributed by atoms with Gasteiger partial charge in [-0.2, -0.15) is 0 Å². The Morgan fingerprint density at radius 1 is 1.31 bits per heavy atom. The summed E-state index contributed by atoms with van der Waals surface area (Å²) in [6.45, 7) is 4.78. The van der Waals surface area contributed by atoms with Crippen molar-refractivity contribution < 1.29 is 9.53 Å². The van der Waals surface area contributed by atoms with Gasteiger partial charge in [-0.1, -0.05) is 6.42 Å². The molecule has 1 aliphatic carbocycles. The highest BCUT2D eigenvalue weighted by Crippen LogP contribution is 2.39. The molecule has 3 nitrogen and oxygen atoms in total. The monoisotopic (exact) mass is 223 g/mol. The van der Waals surface area contributed by atoms with Crippen molar-refractivity contribution in [3.05, 3.63) is 0 Å². The van der Waals surface area contributed by atoms with Gasteiger partial charge in [0.1, 0.15) is 6.29 Å². The predicted molar refractivity (Wildman–Crippen MR) is 61.2 cm³/mol. The van der Waals surface area contributed by atoms with E-state index in [0.717, 1.165) is 37.7 Å². The predicted octanol–water partition coefficient (Wildman–Crippen LogP) is 1.32. The summed E-state index contributed by atoms with van der Waals surface area (Å²) in [5.41, 5.74) is -0.182. The topological polar surface area (TPSA) is 29.5 Å². The molecule has 0 aromatic carbocycles. The first-order chi connectivity index (χ1) is 7.81. The average Bonchev–Trinajstić information content (AvgIpc) is 2.93. The first-order valence-electron chi connectivity index (χ1n) is 6.58. The third-order valence-electron chi connectivity index (χ3n) is 4.72. The van der Waals surface area contributed by atoms with E-state index in [1.807, 2.05) is 0 Å². The molecule has 2 heterocycles. The first kappa shape index (κ1) is 10.7. The fraction of sp³-hybridized carbons (Fsp3) is 0.923. The van der Waals surface area contributed by atoms with E-state index in [-0.39, 0.29) is 5.41 Å². The number of carbonyl (C=O) groups is 1. The van der Waals surface area contributed by atoms with Crippen LogP contribution in [0.25, 0.3) is 0 Å². The highest BCUT2D eigenvalue weighted by atomic mass is 16.5. The number of aldehydes is 1. The lowest BCUT2D eigenvalue weighted by Gasteiger charge is -2.27. The van der Waals surface area contributed by atoms with Gasteiger partial charge in [-0.3, -0.25) is 0 Å². The van der Waals surface area contributed by atoms with E-state index < -0.39 is 0 Å². The van der Waals surface area contributed by atoms with Gasteiger partial charge in [-0.25, -0.2) is 0 Å². The Morgan fingerprint density at radius 3 is 2.62 bits per heavy atom. The number of carbonyl (C=O) groups excluding carboxylic acids is 1. The van der Waals surface area contributed by atoms with Gasteiger partial charge in [0.2, 0.25) is 0 Å². The van der Waals surface area contributed by atoms with Crippen molar-refractivity contribution in [1.29, 1.82) is 0 Å². The molecule has 16 heavy (non-hydrogen) atoms. The second kappa shape index (κ2) is 4.11. The maximum Gasteiger partial charge on any atom is 0.129 e. The Balaban J connectivity index is 1.61. The van der Waals surface area contributed by atoms with E-state index in [4.69, 9.17) is 4.74 Å². The van der Waals surface area contributed by atoms with Crippen LogP contribution in [0.2, 0.25) is 0 Å². The van der Waals surface area contributed by atoms with Crippen molar-refractivity contribution in [3.8, 4) is 0 Å².